The Balaban J connectivity index is 2.01. The molecule has 28 heavy (non-hydrogen) atoms. The number of ether oxygens (including phenoxy) is 4. The van der Waals surface area contributed by atoms with E-state index in [0.717, 1.165) is 15.8 Å². The highest BCUT2D eigenvalue weighted by atomic mass is 79.9. The van der Waals surface area contributed by atoms with Crippen molar-refractivity contribution >= 4 is 33.6 Å². The Hall–Kier alpha value is -2.06. The molecule has 0 N–H and O–H groups in total. The summed E-state index contributed by atoms with van der Waals surface area (Å²) in [6.45, 7) is 0.634. The van der Waals surface area contributed by atoms with E-state index < -0.39 is 0 Å². The second-order valence-electron chi connectivity index (χ2n) is 6.02. The first-order chi connectivity index (χ1) is 13.5. The molecule has 6 nitrogen and oxygen atoms in total. The van der Waals surface area contributed by atoms with Gasteiger partial charge in [0.2, 0.25) is 0 Å². The monoisotopic (exact) mass is 467 g/mol. The smallest absolute Gasteiger partial charge is 0.256 e. The van der Waals surface area contributed by atoms with E-state index in [1.54, 1.807) is 52.3 Å². The fourth-order valence-corrected chi connectivity index (χ4v) is 4.82. The van der Waals surface area contributed by atoms with Crippen LogP contribution in [0.2, 0.25) is 0 Å². The van der Waals surface area contributed by atoms with Crippen LogP contribution in [0.15, 0.2) is 34.8 Å². The Morgan fingerprint density at radius 3 is 2.32 bits per heavy atom. The number of rotatable bonds is 6. The lowest BCUT2D eigenvalue weighted by atomic mass is 10.1. The first-order valence-corrected chi connectivity index (χ1v) is 10.4. The van der Waals surface area contributed by atoms with Crippen LogP contribution in [0, 0.1) is 0 Å². The molecule has 1 unspecified atom stereocenters. The lowest BCUT2D eigenvalue weighted by molar-refractivity contribution is 0.0758. The van der Waals surface area contributed by atoms with Crippen molar-refractivity contribution in [2.45, 2.75) is 5.37 Å². The van der Waals surface area contributed by atoms with Gasteiger partial charge in [0.1, 0.15) is 16.9 Å². The molecule has 1 fully saturated rings. The van der Waals surface area contributed by atoms with Crippen LogP contribution in [0.25, 0.3) is 0 Å². The molecule has 0 radical (unpaired) electrons. The molecule has 2 aromatic carbocycles. The standard InChI is InChI=1S/C20H22BrNO5S/c1-24-12-5-6-15(21)13(9-12)19(23)22-7-8-28-20(22)14-10-17(26-3)18(27-4)11-16(14)25-2/h5-6,9-11,20H,7-8H2,1-4H3. The second kappa shape index (κ2) is 8.96. The van der Waals surface area contributed by atoms with Crippen molar-refractivity contribution in [3.63, 3.8) is 0 Å². The molecule has 1 aliphatic heterocycles. The van der Waals surface area contributed by atoms with E-state index in [9.17, 15) is 4.79 Å². The van der Waals surface area contributed by atoms with Crippen molar-refractivity contribution in [1.29, 1.82) is 0 Å². The van der Waals surface area contributed by atoms with Crippen molar-refractivity contribution in [2.24, 2.45) is 0 Å². The minimum absolute atomic E-state index is 0.0717. The maximum Gasteiger partial charge on any atom is 0.256 e. The normalized spacial score (nSPS) is 16.0. The van der Waals surface area contributed by atoms with Gasteiger partial charge in [0, 0.05) is 28.4 Å². The first kappa shape index (κ1) is 20.7. The van der Waals surface area contributed by atoms with Crippen LogP contribution in [-0.2, 0) is 0 Å². The summed E-state index contributed by atoms with van der Waals surface area (Å²) >= 11 is 5.17. The third-order valence-corrected chi connectivity index (χ3v) is 6.49. The topological polar surface area (TPSA) is 57.2 Å². The van der Waals surface area contributed by atoms with Crippen molar-refractivity contribution in [3.05, 3.63) is 45.9 Å². The van der Waals surface area contributed by atoms with Crippen molar-refractivity contribution in [1.82, 2.24) is 4.90 Å². The van der Waals surface area contributed by atoms with E-state index in [1.807, 2.05) is 23.1 Å². The number of carbonyl (C=O) groups excluding carboxylic acids is 1. The van der Waals surface area contributed by atoms with Crippen LogP contribution in [0.3, 0.4) is 0 Å². The highest BCUT2D eigenvalue weighted by molar-refractivity contribution is 9.10. The maximum absolute atomic E-state index is 13.3. The van der Waals surface area contributed by atoms with Crippen LogP contribution in [0.1, 0.15) is 21.3 Å². The number of hydrogen-bond acceptors (Lipinski definition) is 6. The summed E-state index contributed by atoms with van der Waals surface area (Å²) in [6, 6.07) is 9.05. The van der Waals surface area contributed by atoms with Crippen LogP contribution in [-0.4, -0.2) is 51.5 Å². The summed E-state index contributed by atoms with van der Waals surface area (Å²) < 4.78 is 22.4. The van der Waals surface area contributed by atoms with E-state index in [-0.39, 0.29) is 11.3 Å². The van der Waals surface area contributed by atoms with Gasteiger partial charge in [-0.2, -0.15) is 0 Å². The SMILES string of the molecule is COc1ccc(Br)c(C(=O)N2CCSC2c2cc(OC)c(OC)cc2OC)c1. The van der Waals surface area contributed by atoms with Gasteiger partial charge < -0.3 is 23.8 Å². The van der Waals surface area contributed by atoms with Crippen molar-refractivity contribution < 1.29 is 23.7 Å². The number of carbonyl (C=O) groups is 1. The van der Waals surface area contributed by atoms with Crippen LogP contribution < -0.4 is 18.9 Å². The zero-order valence-electron chi connectivity index (χ0n) is 16.2. The molecule has 3 rings (SSSR count). The minimum atomic E-state index is -0.194. The number of benzene rings is 2. The Bertz CT molecular complexity index is 876. The van der Waals surface area contributed by atoms with Crippen LogP contribution in [0.4, 0.5) is 0 Å². The molecular formula is C20H22BrNO5S. The third-order valence-electron chi connectivity index (χ3n) is 4.56. The molecule has 150 valence electrons. The second-order valence-corrected chi connectivity index (χ2v) is 8.06. The number of amides is 1. The van der Waals surface area contributed by atoms with Gasteiger partial charge >= 0.3 is 0 Å². The lowest BCUT2D eigenvalue weighted by Gasteiger charge is -2.26. The van der Waals surface area contributed by atoms with Gasteiger partial charge in [0.15, 0.2) is 11.5 Å². The lowest BCUT2D eigenvalue weighted by Crippen LogP contribution is -2.31. The Morgan fingerprint density at radius 1 is 1.00 bits per heavy atom. The molecule has 2 aromatic rings. The molecule has 1 aliphatic rings. The van der Waals surface area contributed by atoms with Crippen molar-refractivity contribution in [2.75, 3.05) is 40.7 Å². The fraction of sp³-hybridized carbons (Fsp3) is 0.350. The molecule has 8 heteroatoms. The molecule has 0 saturated carbocycles. The number of halogens is 1. The Labute approximate surface area is 177 Å². The van der Waals surface area contributed by atoms with Crippen LogP contribution in [0.5, 0.6) is 23.0 Å². The van der Waals surface area contributed by atoms with Gasteiger partial charge in [-0.3, -0.25) is 4.79 Å². The summed E-state index contributed by atoms with van der Waals surface area (Å²) in [6.07, 6.45) is 0. The highest BCUT2D eigenvalue weighted by Gasteiger charge is 2.35. The average molecular weight is 468 g/mol. The molecule has 1 heterocycles. The first-order valence-electron chi connectivity index (χ1n) is 8.60. The maximum atomic E-state index is 13.3. The molecular weight excluding hydrogens is 446 g/mol. The van der Waals surface area contributed by atoms with Gasteiger partial charge in [-0.15, -0.1) is 11.8 Å². The molecule has 0 bridgehead atoms. The average Bonchev–Trinajstić information content (AvgIpc) is 3.22. The van der Waals surface area contributed by atoms with Crippen LogP contribution >= 0.6 is 27.7 Å². The summed E-state index contributed by atoms with van der Waals surface area (Å²) in [4.78, 5) is 15.2. The predicted octanol–water partition coefficient (Wildman–Crippen LogP) is 4.37. The molecule has 1 atom stereocenters. The Morgan fingerprint density at radius 2 is 1.68 bits per heavy atom. The molecule has 1 saturated heterocycles. The fourth-order valence-electron chi connectivity index (χ4n) is 3.13. The van der Waals surface area contributed by atoms with Gasteiger partial charge in [-0.1, -0.05) is 0 Å². The van der Waals surface area contributed by atoms with E-state index in [1.165, 1.54) is 0 Å². The van der Waals surface area contributed by atoms with Gasteiger partial charge in [-0.25, -0.2) is 0 Å². The van der Waals surface area contributed by atoms with Gasteiger partial charge in [0.05, 0.1) is 34.0 Å². The van der Waals surface area contributed by atoms with Crippen molar-refractivity contribution in [3.8, 4) is 23.0 Å². The van der Waals surface area contributed by atoms with E-state index in [0.29, 0.717) is 35.1 Å². The van der Waals surface area contributed by atoms with Gasteiger partial charge in [0.25, 0.3) is 5.91 Å². The summed E-state index contributed by atoms with van der Waals surface area (Å²) in [5, 5.41) is -0.194. The third kappa shape index (κ3) is 3.89. The number of thioether (sulfide) groups is 1. The molecule has 0 spiro atoms. The Kier molecular flexibility index (Phi) is 6.61. The van der Waals surface area contributed by atoms with E-state index in [4.69, 9.17) is 18.9 Å². The number of hydrogen-bond donors (Lipinski definition) is 0. The zero-order chi connectivity index (χ0) is 20.3. The minimum Gasteiger partial charge on any atom is -0.497 e. The molecule has 1 amide bonds. The highest BCUT2D eigenvalue weighted by Crippen LogP contribution is 2.46. The number of methoxy groups -OCH3 is 4. The zero-order valence-corrected chi connectivity index (χ0v) is 18.6. The predicted molar refractivity (Wildman–Crippen MR) is 113 cm³/mol. The largest absolute Gasteiger partial charge is 0.497 e. The summed E-state index contributed by atoms with van der Waals surface area (Å²) in [7, 11) is 6.36. The summed E-state index contributed by atoms with van der Waals surface area (Å²) in [5.74, 6) is 3.23. The van der Waals surface area contributed by atoms with E-state index in [2.05, 4.69) is 15.9 Å². The van der Waals surface area contributed by atoms with E-state index >= 15 is 0 Å². The molecule has 0 aliphatic carbocycles. The quantitative estimate of drug-likeness (QED) is 0.628. The van der Waals surface area contributed by atoms with Gasteiger partial charge in [-0.05, 0) is 40.2 Å². The summed E-state index contributed by atoms with van der Waals surface area (Å²) in [5.41, 5.74) is 1.43. The number of nitrogens with zero attached hydrogens (tertiary/aromatic N) is 1. The molecule has 0 aromatic heterocycles.